The van der Waals surface area contributed by atoms with E-state index in [-0.39, 0.29) is 29.8 Å². The molecule has 34 heavy (non-hydrogen) atoms. The number of aromatic nitrogens is 1. The zero-order valence-corrected chi connectivity index (χ0v) is 19.3. The monoisotopic (exact) mass is 479 g/mol. The number of anilines is 1. The minimum Gasteiger partial charge on any atom is -0.360 e. The highest BCUT2D eigenvalue weighted by molar-refractivity contribution is 6.35. The van der Waals surface area contributed by atoms with Gasteiger partial charge in [-0.2, -0.15) is 0 Å². The number of carbonyl (C=O) groups is 3. The van der Waals surface area contributed by atoms with Crippen LogP contribution < -0.4 is 20.9 Å². The molecule has 3 heterocycles. The number of nitrogens with zero attached hydrogens (tertiary/aromatic N) is 1. The zero-order chi connectivity index (χ0) is 23.7. The minimum atomic E-state index is -0.247. The number of halogens is 1. The molecule has 0 spiro atoms. The lowest BCUT2D eigenvalue weighted by Crippen LogP contribution is -2.51. The Hall–Kier alpha value is -3.36. The predicted octanol–water partition coefficient (Wildman–Crippen LogP) is 2.84. The second-order valence-electron chi connectivity index (χ2n) is 8.76. The lowest BCUT2D eigenvalue weighted by atomic mass is 10.1. The Balaban J connectivity index is 1.21. The number of hydrogen-bond acceptors (Lipinski definition) is 4. The number of benzene rings is 2. The first-order valence-electron chi connectivity index (χ1n) is 11.5. The first-order valence-corrected chi connectivity index (χ1v) is 11.9. The maximum absolute atomic E-state index is 12.9. The van der Waals surface area contributed by atoms with E-state index in [0.717, 1.165) is 29.4 Å². The van der Waals surface area contributed by atoms with E-state index in [4.69, 9.17) is 11.6 Å². The van der Waals surface area contributed by atoms with Crippen LogP contribution in [0.15, 0.2) is 48.7 Å². The summed E-state index contributed by atoms with van der Waals surface area (Å²) in [5.41, 5.74) is 2.64. The average molecular weight is 480 g/mol. The van der Waals surface area contributed by atoms with Gasteiger partial charge in [-0.25, -0.2) is 0 Å². The summed E-state index contributed by atoms with van der Waals surface area (Å²) in [5.74, 6) is -0.305. The number of carbonyl (C=O) groups excluding carboxylic acids is 3. The first-order chi connectivity index (χ1) is 16.5. The Morgan fingerprint density at radius 1 is 0.941 bits per heavy atom. The van der Waals surface area contributed by atoms with Crippen LogP contribution in [0.1, 0.15) is 40.0 Å². The highest BCUT2D eigenvalue weighted by atomic mass is 35.5. The Bertz CT molecular complexity index is 1240. The van der Waals surface area contributed by atoms with Gasteiger partial charge in [-0.15, -0.1) is 0 Å². The molecule has 0 saturated carbocycles. The number of piperidine rings is 1. The van der Waals surface area contributed by atoms with E-state index in [1.165, 1.54) is 0 Å². The Labute approximate surface area is 202 Å². The third kappa shape index (κ3) is 4.51. The largest absolute Gasteiger partial charge is 0.360 e. The highest BCUT2D eigenvalue weighted by Gasteiger charge is 2.30. The summed E-state index contributed by atoms with van der Waals surface area (Å²) in [7, 11) is 0. The van der Waals surface area contributed by atoms with E-state index < -0.39 is 0 Å². The molecule has 5 rings (SSSR count). The van der Waals surface area contributed by atoms with Crippen molar-refractivity contribution < 1.29 is 14.4 Å². The van der Waals surface area contributed by atoms with Crippen molar-refractivity contribution in [2.45, 2.75) is 31.3 Å². The van der Waals surface area contributed by atoms with E-state index in [1.807, 2.05) is 18.2 Å². The molecule has 0 aliphatic carbocycles. The van der Waals surface area contributed by atoms with Gasteiger partial charge in [-0.3, -0.25) is 14.4 Å². The molecule has 176 valence electrons. The predicted molar refractivity (Wildman–Crippen MR) is 131 cm³/mol. The van der Waals surface area contributed by atoms with Gasteiger partial charge in [0.05, 0.1) is 17.1 Å². The van der Waals surface area contributed by atoms with Gasteiger partial charge in [0.2, 0.25) is 5.91 Å². The van der Waals surface area contributed by atoms with Crippen molar-refractivity contribution in [3.8, 4) is 0 Å². The van der Waals surface area contributed by atoms with Crippen LogP contribution in [-0.2, 0) is 4.79 Å². The lowest BCUT2D eigenvalue weighted by Gasteiger charge is -2.27. The normalized spacial score (nSPS) is 20.5. The van der Waals surface area contributed by atoms with Gasteiger partial charge in [0.25, 0.3) is 11.8 Å². The standard InChI is InChI=1S/C25H26ClN5O3/c26-19-12-28-20-11-16(6-9-18(19)20)25(34)30-22-14-27-13-21(22)29-24(33)15-4-7-17(8-5-15)31-10-2-1-3-23(31)32/h4-9,11-12,21-22,27-28H,1-3,10,13-14H2,(H,29,33)(H,30,34). The molecule has 3 aromatic rings. The van der Waals surface area contributed by atoms with Gasteiger partial charge < -0.3 is 25.8 Å². The van der Waals surface area contributed by atoms with Gasteiger partial charge >= 0.3 is 0 Å². The first kappa shape index (κ1) is 22.4. The molecule has 2 unspecified atom stereocenters. The summed E-state index contributed by atoms with van der Waals surface area (Å²) >= 11 is 6.12. The van der Waals surface area contributed by atoms with E-state index in [9.17, 15) is 14.4 Å². The van der Waals surface area contributed by atoms with Gasteiger partial charge in [0, 0.05) is 60.0 Å². The summed E-state index contributed by atoms with van der Waals surface area (Å²) < 4.78 is 0. The zero-order valence-electron chi connectivity index (χ0n) is 18.6. The summed E-state index contributed by atoms with van der Waals surface area (Å²) in [5, 5.41) is 10.7. The number of nitrogens with one attached hydrogen (secondary N) is 4. The molecule has 2 aromatic carbocycles. The molecule has 9 heteroatoms. The number of H-pyrrole nitrogens is 1. The van der Waals surface area contributed by atoms with Crippen molar-refractivity contribution in [2.75, 3.05) is 24.5 Å². The Kier molecular flexibility index (Phi) is 6.26. The van der Waals surface area contributed by atoms with Crippen LogP contribution in [0, 0.1) is 0 Å². The number of rotatable bonds is 5. The lowest BCUT2D eigenvalue weighted by molar-refractivity contribution is -0.119. The van der Waals surface area contributed by atoms with Crippen LogP contribution in [0.3, 0.4) is 0 Å². The van der Waals surface area contributed by atoms with E-state index >= 15 is 0 Å². The molecule has 4 N–H and O–H groups in total. The fourth-order valence-electron chi connectivity index (χ4n) is 4.59. The van der Waals surface area contributed by atoms with E-state index in [2.05, 4.69) is 20.9 Å². The fourth-order valence-corrected chi connectivity index (χ4v) is 4.81. The van der Waals surface area contributed by atoms with Gasteiger partial charge in [0.1, 0.15) is 0 Å². The highest BCUT2D eigenvalue weighted by Crippen LogP contribution is 2.24. The van der Waals surface area contributed by atoms with Crippen LogP contribution >= 0.6 is 11.6 Å². The second-order valence-corrected chi connectivity index (χ2v) is 9.17. The molecular weight excluding hydrogens is 454 g/mol. The van der Waals surface area contributed by atoms with E-state index in [0.29, 0.717) is 42.2 Å². The Morgan fingerprint density at radius 2 is 1.62 bits per heavy atom. The number of aromatic amines is 1. The van der Waals surface area contributed by atoms with Crippen LogP contribution in [0.4, 0.5) is 5.69 Å². The molecule has 0 bridgehead atoms. The van der Waals surface area contributed by atoms with Crippen molar-refractivity contribution in [1.29, 1.82) is 0 Å². The molecule has 1 aromatic heterocycles. The molecule has 2 aliphatic heterocycles. The van der Waals surface area contributed by atoms with Crippen molar-refractivity contribution in [2.24, 2.45) is 0 Å². The van der Waals surface area contributed by atoms with Crippen molar-refractivity contribution in [3.05, 3.63) is 64.8 Å². The van der Waals surface area contributed by atoms with Crippen molar-refractivity contribution >= 4 is 45.9 Å². The maximum Gasteiger partial charge on any atom is 0.251 e. The van der Waals surface area contributed by atoms with Crippen molar-refractivity contribution in [1.82, 2.24) is 20.9 Å². The number of fused-ring (bicyclic) bond motifs is 1. The van der Waals surface area contributed by atoms with Crippen LogP contribution in [0.5, 0.6) is 0 Å². The number of amides is 3. The summed E-state index contributed by atoms with van der Waals surface area (Å²) in [6.45, 7) is 1.83. The smallest absolute Gasteiger partial charge is 0.251 e. The number of hydrogen-bond donors (Lipinski definition) is 4. The fraction of sp³-hybridized carbons (Fsp3) is 0.320. The van der Waals surface area contributed by atoms with Gasteiger partial charge in [-0.05, 0) is 49.2 Å². The molecule has 8 nitrogen and oxygen atoms in total. The third-order valence-corrected chi connectivity index (χ3v) is 6.82. The Morgan fingerprint density at radius 3 is 2.32 bits per heavy atom. The SMILES string of the molecule is O=C(NC1CNCC1NC(=O)c1ccc2c(Cl)c[nH]c2c1)c1ccc(N2CCCCC2=O)cc1. The molecule has 2 fully saturated rings. The van der Waals surface area contributed by atoms with Crippen LogP contribution in [0.25, 0.3) is 10.9 Å². The third-order valence-electron chi connectivity index (χ3n) is 6.51. The van der Waals surface area contributed by atoms with Crippen LogP contribution in [-0.4, -0.2) is 54.4 Å². The van der Waals surface area contributed by atoms with Crippen molar-refractivity contribution in [3.63, 3.8) is 0 Å². The summed E-state index contributed by atoms with van der Waals surface area (Å²) in [4.78, 5) is 42.7. The molecule has 2 saturated heterocycles. The minimum absolute atomic E-state index is 0.123. The van der Waals surface area contributed by atoms with Crippen LogP contribution in [0.2, 0.25) is 5.02 Å². The molecule has 2 atom stereocenters. The molecule has 2 aliphatic rings. The summed E-state index contributed by atoms with van der Waals surface area (Å²) in [6, 6.07) is 11.9. The van der Waals surface area contributed by atoms with E-state index in [1.54, 1.807) is 35.4 Å². The quantitative estimate of drug-likeness (QED) is 0.451. The van der Waals surface area contributed by atoms with Gasteiger partial charge in [-0.1, -0.05) is 17.7 Å². The average Bonchev–Trinajstić information content (AvgIpc) is 3.45. The van der Waals surface area contributed by atoms with Gasteiger partial charge in [0.15, 0.2) is 0 Å². The topological polar surface area (TPSA) is 106 Å². The molecule has 0 radical (unpaired) electrons. The summed E-state index contributed by atoms with van der Waals surface area (Å²) in [6.07, 6.45) is 4.17. The molecule has 3 amide bonds. The maximum atomic E-state index is 12.9. The molecular formula is C25H26ClN5O3. The second kappa shape index (κ2) is 9.48.